The van der Waals surface area contributed by atoms with E-state index in [1.807, 2.05) is 32.0 Å². The van der Waals surface area contributed by atoms with Crippen molar-refractivity contribution in [3.63, 3.8) is 0 Å². The van der Waals surface area contributed by atoms with Crippen molar-refractivity contribution in [2.75, 3.05) is 6.61 Å². The molecular formula is C17H26N2O2. The number of benzene rings is 1. The van der Waals surface area contributed by atoms with Crippen molar-refractivity contribution < 1.29 is 9.53 Å². The summed E-state index contributed by atoms with van der Waals surface area (Å²) >= 11 is 0. The molecule has 4 heteroatoms. The van der Waals surface area contributed by atoms with Crippen molar-refractivity contribution in [3.05, 3.63) is 29.3 Å². The Balaban J connectivity index is 1.83. The van der Waals surface area contributed by atoms with Crippen LogP contribution in [-0.4, -0.2) is 18.6 Å². The number of hydrogen-bond acceptors (Lipinski definition) is 3. The number of rotatable bonds is 5. The van der Waals surface area contributed by atoms with Crippen LogP contribution in [0.15, 0.2) is 18.2 Å². The van der Waals surface area contributed by atoms with Crippen molar-refractivity contribution >= 4 is 5.91 Å². The number of carbonyl (C=O) groups excluding carboxylic acids is 1. The van der Waals surface area contributed by atoms with E-state index in [1.165, 1.54) is 19.3 Å². The van der Waals surface area contributed by atoms with Crippen LogP contribution >= 0.6 is 0 Å². The van der Waals surface area contributed by atoms with E-state index >= 15 is 0 Å². The third-order valence-corrected chi connectivity index (χ3v) is 4.05. The fourth-order valence-corrected chi connectivity index (χ4v) is 2.78. The van der Waals surface area contributed by atoms with E-state index in [0.717, 1.165) is 29.7 Å². The first-order valence-corrected chi connectivity index (χ1v) is 7.84. The summed E-state index contributed by atoms with van der Waals surface area (Å²) in [6.45, 7) is 4.00. The van der Waals surface area contributed by atoms with Crippen LogP contribution in [0.5, 0.6) is 5.75 Å². The van der Waals surface area contributed by atoms with Crippen molar-refractivity contribution in [2.24, 2.45) is 5.73 Å². The van der Waals surface area contributed by atoms with E-state index < -0.39 is 0 Å². The highest BCUT2D eigenvalue weighted by atomic mass is 16.5. The van der Waals surface area contributed by atoms with E-state index in [1.54, 1.807) is 0 Å². The summed E-state index contributed by atoms with van der Waals surface area (Å²) in [6.07, 6.45) is 5.89. The molecule has 1 aliphatic carbocycles. The van der Waals surface area contributed by atoms with E-state index in [4.69, 9.17) is 10.5 Å². The molecule has 0 spiro atoms. The van der Waals surface area contributed by atoms with Gasteiger partial charge in [-0.1, -0.05) is 31.4 Å². The molecule has 1 aliphatic rings. The van der Waals surface area contributed by atoms with Gasteiger partial charge in [-0.2, -0.15) is 0 Å². The van der Waals surface area contributed by atoms with Crippen LogP contribution in [-0.2, 0) is 4.79 Å². The Kier molecular flexibility index (Phi) is 5.62. The summed E-state index contributed by atoms with van der Waals surface area (Å²) in [6, 6.07) is 6.19. The lowest BCUT2D eigenvalue weighted by Crippen LogP contribution is -2.39. The molecular weight excluding hydrogens is 264 g/mol. The maximum Gasteiger partial charge on any atom is 0.258 e. The molecule has 1 aromatic rings. The summed E-state index contributed by atoms with van der Waals surface area (Å²) in [5.41, 5.74) is 7.94. The molecule has 1 amide bonds. The van der Waals surface area contributed by atoms with E-state index in [0.29, 0.717) is 6.04 Å². The zero-order chi connectivity index (χ0) is 15.2. The van der Waals surface area contributed by atoms with Crippen molar-refractivity contribution in [3.8, 4) is 5.75 Å². The number of amides is 1. The van der Waals surface area contributed by atoms with Gasteiger partial charge in [0.1, 0.15) is 5.75 Å². The van der Waals surface area contributed by atoms with Crippen LogP contribution in [0.3, 0.4) is 0 Å². The minimum Gasteiger partial charge on any atom is -0.484 e. The molecule has 0 aromatic heterocycles. The Morgan fingerprint density at radius 3 is 2.71 bits per heavy atom. The summed E-state index contributed by atoms with van der Waals surface area (Å²) < 4.78 is 5.62. The molecule has 3 N–H and O–H groups in total. The lowest BCUT2D eigenvalue weighted by molar-refractivity contribution is -0.124. The SMILES string of the molecule is Cc1cc([C@@H](C)N)ccc1OCC(=O)NC1CCCCC1. The lowest BCUT2D eigenvalue weighted by atomic mass is 9.95. The zero-order valence-electron chi connectivity index (χ0n) is 13.0. The minimum absolute atomic E-state index is 0.00681. The van der Waals surface area contributed by atoms with Crippen LogP contribution < -0.4 is 15.8 Å². The molecule has 4 nitrogen and oxygen atoms in total. The second-order valence-corrected chi connectivity index (χ2v) is 6.00. The van der Waals surface area contributed by atoms with Crippen LogP contribution in [0.2, 0.25) is 0 Å². The number of carbonyl (C=O) groups is 1. The minimum atomic E-state index is -0.0300. The van der Waals surface area contributed by atoms with Crippen molar-refractivity contribution in [1.29, 1.82) is 0 Å². The topological polar surface area (TPSA) is 64.3 Å². The van der Waals surface area contributed by atoms with Crippen LogP contribution in [0.1, 0.15) is 56.2 Å². The van der Waals surface area contributed by atoms with Gasteiger partial charge in [0.05, 0.1) is 0 Å². The number of hydrogen-bond donors (Lipinski definition) is 2. The molecule has 1 atom stereocenters. The molecule has 1 saturated carbocycles. The molecule has 21 heavy (non-hydrogen) atoms. The van der Waals surface area contributed by atoms with E-state index in [9.17, 15) is 4.79 Å². The highest BCUT2D eigenvalue weighted by Crippen LogP contribution is 2.22. The van der Waals surface area contributed by atoms with Gasteiger partial charge in [-0.05, 0) is 43.9 Å². The molecule has 0 bridgehead atoms. The number of ether oxygens (including phenoxy) is 1. The van der Waals surface area contributed by atoms with Crippen LogP contribution in [0.25, 0.3) is 0 Å². The first-order chi connectivity index (χ1) is 10.1. The molecule has 116 valence electrons. The second-order valence-electron chi connectivity index (χ2n) is 6.00. The summed E-state index contributed by atoms with van der Waals surface area (Å²) in [7, 11) is 0. The summed E-state index contributed by atoms with van der Waals surface area (Å²) in [5.74, 6) is 0.718. The van der Waals surface area contributed by atoms with Crippen LogP contribution in [0.4, 0.5) is 0 Å². The lowest BCUT2D eigenvalue weighted by Gasteiger charge is -2.22. The number of aryl methyl sites for hydroxylation is 1. The predicted molar refractivity (Wildman–Crippen MR) is 84.3 cm³/mol. The Morgan fingerprint density at radius 2 is 2.10 bits per heavy atom. The first-order valence-electron chi connectivity index (χ1n) is 7.84. The molecule has 0 heterocycles. The van der Waals surface area contributed by atoms with Crippen molar-refractivity contribution in [2.45, 2.75) is 58.0 Å². The number of nitrogens with one attached hydrogen (secondary N) is 1. The Morgan fingerprint density at radius 1 is 1.38 bits per heavy atom. The van der Waals surface area contributed by atoms with Gasteiger partial charge in [0, 0.05) is 12.1 Å². The maximum atomic E-state index is 11.9. The van der Waals surface area contributed by atoms with Gasteiger partial charge in [-0.15, -0.1) is 0 Å². The fraction of sp³-hybridized carbons (Fsp3) is 0.588. The normalized spacial score (nSPS) is 17.3. The van der Waals surface area contributed by atoms with Crippen molar-refractivity contribution in [1.82, 2.24) is 5.32 Å². The Bertz CT molecular complexity index is 480. The molecule has 0 saturated heterocycles. The first kappa shape index (κ1) is 15.8. The van der Waals surface area contributed by atoms with Gasteiger partial charge in [0.2, 0.25) is 0 Å². The summed E-state index contributed by atoms with van der Waals surface area (Å²) in [4.78, 5) is 11.9. The molecule has 0 unspecified atom stereocenters. The highest BCUT2D eigenvalue weighted by Gasteiger charge is 2.16. The largest absolute Gasteiger partial charge is 0.484 e. The molecule has 1 aromatic carbocycles. The van der Waals surface area contributed by atoms with Gasteiger partial charge >= 0.3 is 0 Å². The average molecular weight is 290 g/mol. The van der Waals surface area contributed by atoms with Crippen LogP contribution in [0, 0.1) is 6.92 Å². The molecule has 0 aliphatic heterocycles. The predicted octanol–water partition coefficient (Wildman–Crippen LogP) is 2.84. The molecule has 2 rings (SSSR count). The standard InChI is InChI=1S/C17H26N2O2/c1-12-10-14(13(2)18)8-9-16(12)21-11-17(20)19-15-6-4-3-5-7-15/h8-10,13,15H,3-7,11,18H2,1-2H3,(H,19,20)/t13-/m1/s1. The smallest absolute Gasteiger partial charge is 0.258 e. The van der Waals surface area contributed by atoms with Gasteiger partial charge < -0.3 is 15.8 Å². The maximum absolute atomic E-state index is 11.9. The van der Waals surface area contributed by atoms with E-state index in [2.05, 4.69) is 5.32 Å². The zero-order valence-corrected chi connectivity index (χ0v) is 13.0. The second kappa shape index (κ2) is 7.46. The quantitative estimate of drug-likeness (QED) is 0.876. The Labute approximate surface area is 127 Å². The average Bonchev–Trinajstić information content (AvgIpc) is 2.47. The highest BCUT2D eigenvalue weighted by molar-refractivity contribution is 5.77. The third-order valence-electron chi connectivity index (χ3n) is 4.05. The third kappa shape index (κ3) is 4.74. The number of nitrogens with two attached hydrogens (primary N) is 1. The van der Waals surface area contributed by atoms with Gasteiger partial charge in [-0.3, -0.25) is 4.79 Å². The van der Waals surface area contributed by atoms with E-state index in [-0.39, 0.29) is 18.6 Å². The molecule has 1 fully saturated rings. The monoisotopic (exact) mass is 290 g/mol. The molecule has 0 radical (unpaired) electrons. The van der Waals surface area contributed by atoms with Gasteiger partial charge in [-0.25, -0.2) is 0 Å². The van der Waals surface area contributed by atoms with Gasteiger partial charge in [0.25, 0.3) is 5.91 Å². The Hall–Kier alpha value is -1.55. The fourth-order valence-electron chi connectivity index (χ4n) is 2.78. The van der Waals surface area contributed by atoms with Gasteiger partial charge in [0.15, 0.2) is 6.61 Å². The summed E-state index contributed by atoms with van der Waals surface area (Å²) in [5, 5.41) is 3.05.